The van der Waals surface area contributed by atoms with Gasteiger partial charge >= 0.3 is 5.97 Å². The third-order valence-corrected chi connectivity index (χ3v) is 4.54. The maximum Gasteiger partial charge on any atom is 0.329 e. The van der Waals surface area contributed by atoms with Crippen molar-refractivity contribution >= 4 is 22.8 Å². The highest BCUT2D eigenvalue weighted by molar-refractivity contribution is 5.85. The van der Waals surface area contributed by atoms with Gasteiger partial charge in [0.25, 0.3) is 0 Å². The van der Waals surface area contributed by atoms with Gasteiger partial charge in [-0.25, -0.2) is 9.97 Å². The van der Waals surface area contributed by atoms with E-state index in [-0.39, 0.29) is 0 Å². The number of likely N-dealkylation sites (N-methyl/N-ethyl adjacent to an activating group) is 1. The third kappa shape index (κ3) is 3.39. The first-order chi connectivity index (χ1) is 12.2. The Balaban J connectivity index is 2.07. The molecular weight excluding hydrogens is 318 g/mol. The number of anilines is 1. The number of carbonyl (C=O) groups excluding carboxylic acids is 1. The fraction of sp³-hybridized carbons (Fsp3) is 0.444. The molecule has 0 bridgehead atoms. The molecular formula is C18H21N5O2. The van der Waals surface area contributed by atoms with Crippen LogP contribution in [0.25, 0.3) is 11.0 Å². The Morgan fingerprint density at radius 1 is 1.24 bits per heavy atom. The molecule has 1 aromatic carbocycles. The van der Waals surface area contributed by atoms with Crippen LogP contribution >= 0.6 is 0 Å². The average Bonchev–Trinajstić information content (AvgIpc) is 2.68. The molecule has 0 radical (unpaired) electrons. The van der Waals surface area contributed by atoms with Gasteiger partial charge in [0.1, 0.15) is 5.69 Å². The number of ether oxygens (including phenoxy) is 1. The first-order valence-electron chi connectivity index (χ1n) is 8.39. The number of methoxy groups -OCH3 is 1. The Morgan fingerprint density at radius 2 is 1.88 bits per heavy atom. The van der Waals surface area contributed by atoms with Crippen molar-refractivity contribution < 1.29 is 9.53 Å². The van der Waals surface area contributed by atoms with Crippen LogP contribution in [0.3, 0.4) is 0 Å². The van der Waals surface area contributed by atoms with E-state index in [0.29, 0.717) is 17.0 Å². The molecule has 25 heavy (non-hydrogen) atoms. The van der Waals surface area contributed by atoms with Gasteiger partial charge < -0.3 is 14.5 Å². The Hall–Kier alpha value is -2.72. The fourth-order valence-electron chi connectivity index (χ4n) is 3.05. The summed E-state index contributed by atoms with van der Waals surface area (Å²) in [5.74, 6) is -1.09. The van der Waals surface area contributed by atoms with Crippen LogP contribution in [-0.4, -0.2) is 60.7 Å². The molecule has 0 N–H and O–H groups in total. The van der Waals surface area contributed by atoms with Gasteiger partial charge in [-0.2, -0.15) is 5.26 Å². The quantitative estimate of drug-likeness (QED) is 0.782. The lowest BCUT2D eigenvalue weighted by Gasteiger charge is -2.35. The summed E-state index contributed by atoms with van der Waals surface area (Å²) in [6.45, 7) is 6.55. The molecule has 1 unspecified atom stereocenters. The van der Waals surface area contributed by atoms with Crippen molar-refractivity contribution in [3.63, 3.8) is 0 Å². The molecule has 0 saturated carbocycles. The lowest BCUT2D eigenvalue weighted by molar-refractivity contribution is -0.141. The van der Waals surface area contributed by atoms with Crippen LogP contribution in [0.2, 0.25) is 0 Å². The number of hydrogen-bond acceptors (Lipinski definition) is 7. The van der Waals surface area contributed by atoms with Crippen molar-refractivity contribution in [3.8, 4) is 6.07 Å². The van der Waals surface area contributed by atoms with Crippen molar-refractivity contribution in [1.82, 2.24) is 14.9 Å². The van der Waals surface area contributed by atoms with Gasteiger partial charge in [0.2, 0.25) is 0 Å². The van der Waals surface area contributed by atoms with Crippen molar-refractivity contribution in [2.45, 2.75) is 12.8 Å². The predicted octanol–water partition coefficient (Wildman–Crippen LogP) is 1.55. The highest BCUT2D eigenvalue weighted by Gasteiger charge is 2.30. The lowest BCUT2D eigenvalue weighted by atomic mass is 10.1. The smallest absolute Gasteiger partial charge is 0.329 e. The van der Waals surface area contributed by atoms with Gasteiger partial charge in [-0.15, -0.1) is 0 Å². The van der Waals surface area contributed by atoms with Gasteiger partial charge in [0.15, 0.2) is 11.7 Å². The van der Waals surface area contributed by atoms with Crippen LogP contribution < -0.4 is 4.90 Å². The Bertz CT molecular complexity index is 809. The summed E-state index contributed by atoms with van der Waals surface area (Å²) in [5.41, 5.74) is 1.79. The summed E-state index contributed by atoms with van der Waals surface area (Å²) >= 11 is 0. The van der Waals surface area contributed by atoms with Crippen molar-refractivity contribution in [2.24, 2.45) is 0 Å². The molecule has 130 valence electrons. The monoisotopic (exact) mass is 339 g/mol. The first-order valence-corrected chi connectivity index (χ1v) is 8.39. The average molecular weight is 339 g/mol. The van der Waals surface area contributed by atoms with Crippen LogP contribution in [0, 0.1) is 11.3 Å². The fourth-order valence-corrected chi connectivity index (χ4v) is 3.05. The number of hydrogen-bond donors (Lipinski definition) is 0. The van der Waals surface area contributed by atoms with Crippen LogP contribution in [-0.2, 0) is 9.53 Å². The maximum absolute atomic E-state index is 12.1. The molecule has 1 atom stereocenters. The van der Waals surface area contributed by atoms with E-state index in [9.17, 15) is 10.1 Å². The van der Waals surface area contributed by atoms with Crippen LogP contribution in [0.15, 0.2) is 24.3 Å². The van der Waals surface area contributed by atoms with E-state index in [4.69, 9.17) is 9.72 Å². The molecule has 1 saturated heterocycles. The first kappa shape index (κ1) is 17.1. The minimum absolute atomic E-state index is 0.373. The molecule has 1 aromatic heterocycles. The van der Waals surface area contributed by atoms with Gasteiger partial charge in [0, 0.05) is 26.2 Å². The third-order valence-electron chi connectivity index (χ3n) is 4.54. The molecule has 0 aliphatic carbocycles. The van der Waals surface area contributed by atoms with Crippen molar-refractivity contribution in [3.05, 3.63) is 30.0 Å². The van der Waals surface area contributed by atoms with Gasteiger partial charge in [-0.1, -0.05) is 19.1 Å². The van der Waals surface area contributed by atoms with E-state index in [1.807, 2.05) is 30.3 Å². The minimum atomic E-state index is -1.08. The zero-order valence-corrected chi connectivity index (χ0v) is 14.5. The Labute approximate surface area is 146 Å². The zero-order valence-electron chi connectivity index (χ0n) is 14.5. The summed E-state index contributed by atoms with van der Waals surface area (Å²) in [7, 11) is 1.28. The SMILES string of the molecule is CCN1CCN(c2nc3ccccc3nc2C(C#N)C(=O)OC)CC1. The van der Waals surface area contributed by atoms with E-state index in [1.165, 1.54) is 7.11 Å². The molecule has 2 aromatic rings. The highest BCUT2D eigenvalue weighted by Crippen LogP contribution is 2.28. The van der Waals surface area contributed by atoms with Crippen molar-refractivity contribution in [1.29, 1.82) is 5.26 Å². The topological polar surface area (TPSA) is 82.4 Å². The van der Waals surface area contributed by atoms with Crippen molar-refractivity contribution in [2.75, 3.05) is 44.7 Å². The van der Waals surface area contributed by atoms with E-state index in [0.717, 1.165) is 38.2 Å². The molecule has 1 aliphatic rings. The van der Waals surface area contributed by atoms with Gasteiger partial charge in [0.05, 0.1) is 24.2 Å². The second kappa shape index (κ2) is 7.45. The van der Waals surface area contributed by atoms with Crippen LogP contribution in [0.4, 0.5) is 5.82 Å². The van der Waals surface area contributed by atoms with E-state index >= 15 is 0 Å². The van der Waals surface area contributed by atoms with Crippen LogP contribution in [0.5, 0.6) is 0 Å². The number of para-hydroxylation sites is 2. The number of carbonyl (C=O) groups is 1. The molecule has 0 amide bonds. The van der Waals surface area contributed by atoms with Gasteiger partial charge in [-0.3, -0.25) is 4.79 Å². The summed E-state index contributed by atoms with van der Waals surface area (Å²) in [6.07, 6.45) is 0. The molecule has 2 heterocycles. The Morgan fingerprint density at radius 3 is 2.44 bits per heavy atom. The Kier molecular flexibility index (Phi) is 5.10. The zero-order chi connectivity index (χ0) is 17.8. The number of rotatable bonds is 4. The summed E-state index contributed by atoms with van der Waals surface area (Å²) in [4.78, 5) is 25.8. The lowest BCUT2D eigenvalue weighted by Crippen LogP contribution is -2.47. The number of fused-ring (bicyclic) bond motifs is 1. The summed E-state index contributed by atoms with van der Waals surface area (Å²) in [6, 6.07) is 9.50. The van der Waals surface area contributed by atoms with E-state index < -0.39 is 11.9 Å². The molecule has 1 aliphatic heterocycles. The highest BCUT2D eigenvalue weighted by atomic mass is 16.5. The van der Waals surface area contributed by atoms with E-state index in [2.05, 4.69) is 21.7 Å². The molecule has 7 heteroatoms. The number of piperazine rings is 1. The minimum Gasteiger partial charge on any atom is -0.468 e. The maximum atomic E-state index is 12.1. The summed E-state index contributed by atoms with van der Waals surface area (Å²) in [5, 5.41) is 9.51. The van der Waals surface area contributed by atoms with E-state index in [1.54, 1.807) is 0 Å². The van der Waals surface area contributed by atoms with Gasteiger partial charge in [-0.05, 0) is 18.7 Å². The number of nitrogens with zero attached hydrogens (tertiary/aromatic N) is 5. The number of aromatic nitrogens is 2. The normalized spacial score (nSPS) is 16.4. The predicted molar refractivity (Wildman–Crippen MR) is 94.2 cm³/mol. The number of nitriles is 1. The van der Waals surface area contributed by atoms with Crippen LogP contribution in [0.1, 0.15) is 18.5 Å². The molecule has 0 spiro atoms. The second-order valence-corrected chi connectivity index (χ2v) is 5.93. The summed E-state index contributed by atoms with van der Waals surface area (Å²) < 4.78 is 4.79. The largest absolute Gasteiger partial charge is 0.468 e. The molecule has 1 fully saturated rings. The number of esters is 1. The second-order valence-electron chi connectivity index (χ2n) is 5.93. The number of benzene rings is 1. The molecule has 7 nitrogen and oxygen atoms in total. The molecule has 3 rings (SSSR count). The standard InChI is InChI=1S/C18H21N5O2/c1-3-22-8-10-23(11-9-22)17-16(13(12-19)18(24)25-2)20-14-6-4-5-7-15(14)21-17/h4-7,13H,3,8-11H2,1-2H3.